The number of thiophene rings is 1. The van der Waals surface area contributed by atoms with Crippen molar-refractivity contribution in [3.05, 3.63) is 22.4 Å². The lowest BCUT2D eigenvalue weighted by molar-refractivity contribution is -0.121. The van der Waals surface area contributed by atoms with E-state index >= 15 is 0 Å². The van der Waals surface area contributed by atoms with Crippen molar-refractivity contribution in [1.82, 2.24) is 10.6 Å². The van der Waals surface area contributed by atoms with E-state index in [0.717, 1.165) is 51.7 Å². The van der Waals surface area contributed by atoms with Crippen LogP contribution in [0, 0.1) is 5.41 Å². The van der Waals surface area contributed by atoms with Gasteiger partial charge in [-0.05, 0) is 62.1 Å². The molecule has 21 heavy (non-hydrogen) atoms. The van der Waals surface area contributed by atoms with Gasteiger partial charge in [0, 0.05) is 17.8 Å². The van der Waals surface area contributed by atoms with Crippen molar-refractivity contribution in [2.75, 3.05) is 19.6 Å². The van der Waals surface area contributed by atoms with Gasteiger partial charge in [-0.15, -0.1) is 11.3 Å². The average Bonchev–Trinajstić information content (AvgIpc) is 2.99. The monoisotopic (exact) mass is 308 g/mol. The zero-order valence-electron chi connectivity index (χ0n) is 13.1. The van der Waals surface area contributed by atoms with Gasteiger partial charge >= 0.3 is 0 Å². The molecule has 2 heterocycles. The van der Waals surface area contributed by atoms with Crippen LogP contribution < -0.4 is 10.6 Å². The lowest BCUT2D eigenvalue weighted by Crippen LogP contribution is -2.42. The van der Waals surface area contributed by atoms with Gasteiger partial charge in [-0.2, -0.15) is 0 Å². The predicted octanol–water partition coefficient (Wildman–Crippen LogP) is 3.36. The molecular weight excluding hydrogens is 280 g/mol. The maximum atomic E-state index is 11.9. The van der Waals surface area contributed by atoms with Gasteiger partial charge in [-0.3, -0.25) is 4.79 Å². The van der Waals surface area contributed by atoms with Crippen molar-refractivity contribution in [2.45, 2.75) is 51.9 Å². The second-order valence-electron chi connectivity index (χ2n) is 6.48. The first-order valence-electron chi connectivity index (χ1n) is 8.18. The quantitative estimate of drug-likeness (QED) is 0.723. The van der Waals surface area contributed by atoms with Gasteiger partial charge in [0.15, 0.2) is 0 Å². The SMILES string of the molecule is CC1(CNC(=O)CCCCCc2cccs2)CCNCC1. The first-order valence-corrected chi connectivity index (χ1v) is 9.06. The molecule has 0 unspecified atom stereocenters. The van der Waals surface area contributed by atoms with Crippen molar-refractivity contribution in [3.63, 3.8) is 0 Å². The van der Waals surface area contributed by atoms with E-state index in [-0.39, 0.29) is 5.91 Å². The first-order chi connectivity index (χ1) is 10.2. The van der Waals surface area contributed by atoms with E-state index in [4.69, 9.17) is 0 Å². The zero-order valence-corrected chi connectivity index (χ0v) is 13.9. The summed E-state index contributed by atoms with van der Waals surface area (Å²) in [4.78, 5) is 13.4. The van der Waals surface area contributed by atoms with Gasteiger partial charge in [-0.1, -0.05) is 19.4 Å². The number of carbonyl (C=O) groups is 1. The highest BCUT2D eigenvalue weighted by Gasteiger charge is 2.26. The summed E-state index contributed by atoms with van der Waals surface area (Å²) in [6.45, 7) is 5.28. The van der Waals surface area contributed by atoms with Crippen LogP contribution in [0.1, 0.15) is 50.3 Å². The molecule has 0 atom stereocenters. The molecule has 3 nitrogen and oxygen atoms in total. The minimum atomic E-state index is 0.228. The van der Waals surface area contributed by atoms with E-state index in [1.807, 2.05) is 11.3 Å². The Labute approximate surface area is 132 Å². The molecule has 1 aromatic rings. The summed E-state index contributed by atoms with van der Waals surface area (Å²) in [6.07, 6.45) is 7.50. The van der Waals surface area contributed by atoms with Crippen LogP contribution in [0.5, 0.6) is 0 Å². The topological polar surface area (TPSA) is 41.1 Å². The molecular formula is C17H28N2OS. The molecule has 0 spiro atoms. The van der Waals surface area contributed by atoms with Crippen LogP contribution in [0.15, 0.2) is 17.5 Å². The summed E-state index contributed by atoms with van der Waals surface area (Å²) in [5.74, 6) is 0.228. The smallest absolute Gasteiger partial charge is 0.220 e. The maximum absolute atomic E-state index is 11.9. The number of piperidine rings is 1. The van der Waals surface area contributed by atoms with Gasteiger partial charge < -0.3 is 10.6 Å². The number of hydrogen-bond acceptors (Lipinski definition) is 3. The van der Waals surface area contributed by atoms with Crippen LogP contribution in [-0.4, -0.2) is 25.5 Å². The minimum Gasteiger partial charge on any atom is -0.356 e. The number of carbonyl (C=O) groups excluding carboxylic acids is 1. The summed E-state index contributed by atoms with van der Waals surface area (Å²) >= 11 is 1.83. The lowest BCUT2D eigenvalue weighted by atomic mass is 9.81. The van der Waals surface area contributed by atoms with Gasteiger partial charge in [-0.25, -0.2) is 0 Å². The Morgan fingerprint density at radius 3 is 2.86 bits per heavy atom. The number of amides is 1. The van der Waals surface area contributed by atoms with Gasteiger partial charge in [0.05, 0.1) is 0 Å². The summed E-state index contributed by atoms with van der Waals surface area (Å²) in [5, 5.41) is 8.64. The molecule has 1 saturated heterocycles. The second kappa shape index (κ2) is 8.54. The largest absolute Gasteiger partial charge is 0.356 e. The molecule has 0 bridgehead atoms. The third-order valence-corrected chi connectivity index (χ3v) is 5.37. The minimum absolute atomic E-state index is 0.228. The average molecular weight is 308 g/mol. The summed E-state index contributed by atoms with van der Waals surface area (Å²) < 4.78 is 0. The Kier molecular flexibility index (Phi) is 6.71. The molecule has 0 aromatic carbocycles. The molecule has 0 aliphatic carbocycles. The number of rotatable bonds is 8. The third kappa shape index (κ3) is 6.18. The van der Waals surface area contributed by atoms with E-state index in [9.17, 15) is 4.79 Å². The highest BCUT2D eigenvalue weighted by atomic mass is 32.1. The Bertz CT molecular complexity index is 410. The van der Waals surface area contributed by atoms with Crippen LogP contribution in [0.4, 0.5) is 0 Å². The molecule has 1 amide bonds. The van der Waals surface area contributed by atoms with Crippen molar-refractivity contribution in [1.29, 1.82) is 0 Å². The van der Waals surface area contributed by atoms with Crippen molar-refractivity contribution >= 4 is 17.2 Å². The van der Waals surface area contributed by atoms with Crippen molar-refractivity contribution in [3.8, 4) is 0 Å². The summed E-state index contributed by atoms with van der Waals surface area (Å²) in [5.41, 5.74) is 0.292. The fourth-order valence-corrected chi connectivity index (χ4v) is 3.58. The Morgan fingerprint density at radius 1 is 1.33 bits per heavy atom. The van der Waals surface area contributed by atoms with E-state index in [0.29, 0.717) is 11.8 Å². The molecule has 2 rings (SSSR count). The molecule has 4 heteroatoms. The fraction of sp³-hybridized carbons (Fsp3) is 0.706. The lowest BCUT2D eigenvalue weighted by Gasteiger charge is -2.34. The molecule has 0 radical (unpaired) electrons. The molecule has 2 N–H and O–H groups in total. The summed E-state index contributed by atoms with van der Waals surface area (Å²) in [6, 6.07) is 4.30. The first kappa shape index (κ1) is 16.5. The molecule has 1 fully saturated rings. The van der Waals surface area contributed by atoms with Crippen LogP contribution in [0.3, 0.4) is 0 Å². The summed E-state index contributed by atoms with van der Waals surface area (Å²) in [7, 11) is 0. The highest BCUT2D eigenvalue weighted by molar-refractivity contribution is 7.09. The van der Waals surface area contributed by atoms with E-state index in [1.165, 1.54) is 11.3 Å². The zero-order chi connectivity index (χ0) is 15.0. The molecule has 0 saturated carbocycles. The van der Waals surface area contributed by atoms with Crippen LogP contribution in [0.25, 0.3) is 0 Å². The fourth-order valence-electron chi connectivity index (χ4n) is 2.82. The molecule has 1 aliphatic rings. The number of aryl methyl sites for hydroxylation is 1. The number of nitrogens with one attached hydrogen (secondary N) is 2. The molecule has 118 valence electrons. The number of unbranched alkanes of at least 4 members (excludes halogenated alkanes) is 2. The standard InChI is InChI=1S/C17H28N2OS/c1-17(9-11-18-12-10-17)14-19-16(20)8-4-2-3-6-15-7-5-13-21-15/h5,7,13,18H,2-4,6,8-12,14H2,1H3,(H,19,20). The van der Waals surface area contributed by atoms with Gasteiger partial charge in [0.25, 0.3) is 0 Å². The van der Waals surface area contributed by atoms with Gasteiger partial charge in [0.1, 0.15) is 0 Å². The predicted molar refractivity (Wildman–Crippen MR) is 89.7 cm³/mol. The number of hydrogen-bond donors (Lipinski definition) is 2. The van der Waals surface area contributed by atoms with E-state index in [2.05, 4.69) is 35.1 Å². The van der Waals surface area contributed by atoms with E-state index in [1.54, 1.807) is 0 Å². The Balaban J connectivity index is 1.51. The molecule has 1 aromatic heterocycles. The van der Waals surface area contributed by atoms with Crippen LogP contribution in [0.2, 0.25) is 0 Å². The third-order valence-electron chi connectivity index (χ3n) is 4.43. The maximum Gasteiger partial charge on any atom is 0.220 e. The van der Waals surface area contributed by atoms with Crippen molar-refractivity contribution < 1.29 is 4.79 Å². The van der Waals surface area contributed by atoms with Crippen LogP contribution >= 0.6 is 11.3 Å². The Hall–Kier alpha value is -0.870. The van der Waals surface area contributed by atoms with Crippen molar-refractivity contribution in [2.24, 2.45) is 5.41 Å². The van der Waals surface area contributed by atoms with Gasteiger partial charge in [0.2, 0.25) is 5.91 Å². The molecule has 1 aliphatic heterocycles. The second-order valence-corrected chi connectivity index (χ2v) is 7.51. The van der Waals surface area contributed by atoms with Crippen LogP contribution in [-0.2, 0) is 11.2 Å². The van der Waals surface area contributed by atoms with E-state index < -0.39 is 0 Å². The highest BCUT2D eigenvalue weighted by Crippen LogP contribution is 2.26. The normalized spacial score (nSPS) is 17.6. The Morgan fingerprint density at radius 2 is 2.14 bits per heavy atom.